The Morgan fingerprint density at radius 2 is 2.12 bits per heavy atom. The zero-order valence-corrected chi connectivity index (χ0v) is 15.2. The third-order valence-electron chi connectivity index (χ3n) is 3.47. The van der Waals surface area contributed by atoms with Crippen molar-refractivity contribution in [3.63, 3.8) is 0 Å². The molecule has 142 valence electrons. The number of hydrogen-bond acceptors (Lipinski definition) is 7. The molecule has 0 saturated carbocycles. The highest BCUT2D eigenvalue weighted by Crippen LogP contribution is 2.39. The summed E-state index contributed by atoms with van der Waals surface area (Å²) in [4.78, 5) is 17.9. The summed E-state index contributed by atoms with van der Waals surface area (Å²) in [6.45, 7) is -2.71. The quantitative estimate of drug-likeness (QED) is 0.792. The molecular formula is C15H16ClF2N3O4S. The van der Waals surface area contributed by atoms with Crippen molar-refractivity contribution < 1.29 is 27.8 Å². The van der Waals surface area contributed by atoms with Crippen LogP contribution in [-0.2, 0) is 13.1 Å². The number of fused-ring (bicyclic) bond motifs is 1. The van der Waals surface area contributed by atoms with Crippen molar-refractivity contribution in [3.05, 3.63) is 33.8 Å². The smallest absolute Gasteiger partial charge is 0.387 e. The topological polar surface area (TPSA) is 86.9 Å². The summed E-state index contributed by atoms with van der Waals surface area (Å²) < 4.78 is 40.3. The molecule has 1 amide bonds. The van der Waals surface area contributed by atoms with Gasteiger partial charge in [-0.05, 0) is 6.07 Å². The van der Waals surface area contributed by atoms with Gasteiger partial charge in [-0.25, -0.2) is 4.98 Å². The summed E-state index contributed by atoms with van der Waals surface area (Å²) >= 11 is 1.29. The number of halogens is 3. The second-order valence-corrected chi connectivity index (χ2v) is 6.13. The van der Waals surface area contributed by atoms with E-state index in [1.54, 1.807) is 12.4 Å². The number of amides is 1. The van der Waals surface area contributed by atoms with Gasteiger partial charge >= 0.3 is 6.61 Å². The molecule has 2 heterocycles. The van der Waals surface area contributed by atoms with E-state index >= 15 is 0 Å². The first-order valence-corrected chi connectivity index (χ1v) is 8.13. The second kappa shape index (κ2) is 8.47. The van der Waals surface area contributed by atoms with E-state index in [1.807, 2.05) is 0 Å². The van der Waals surface area contributed by atoms with Gasteiger partial charge in [-0.2, -0.15) is 8.78 Å². The molecular weight excluding hydrogens is 392 g/mol. The van der Waals surface area contributed by atoms with E-state index in [2.05, 4.69) is 9.72 Å². The molecule has 0 radical (unpaired) electrons. The minimum Gasteiger partial charge on any atom is -0.454 e. The molecule has 26 heavy (non-hydrogen) atoms. The SMILES string of the molecule is CN(Cc1cc2c(cc1OC(F)F)OCO2)C(=O)c1csc(CN)n1.Cl. The molecule has 0 atom stereocenters. The monoisotopic (exact) mass is 407 g/mol. The molecule has 0 spiro atoms. The fourth-order valence-electron chi connectivity index (χ4n) is 2.32. The Labute approximate surface area is 158 Å². The molecule has 0 saturated heterocycles. The minimum absolute atomic E-state index is 0. The summed E-state index contributed by atoms with van der Waals surface area (Å²) in [6, 6.07) is 2.85. The number of ether oxygens (including phenoxy) is 3. The third kappa shape index (κ3) is 4.32. The first-order chi connectivity index (χ1) is 12.0. The van der Waals surface area contributed by atoms with Crippen LogP contribution in [0, 0.1) is 0 Å². The molecule has 0 fully saturated rings. The highest BCUT2D eigenvalue weighted by atomic mass is 35.5. The lowest BCUT2D eigenvalue weighted by Gasteiger charge is -2.19. The number of rotatable bonds is 6. The van der Waals surface area contributed by atoms with E-state index in [0.29, 0.717) is 22.1 Å². The van der Waals surface area contributed by atoms with Gasteiger partial charge in [0.25, 0.3) is 5.91 Å². The van der Waals surface area contributed by atoms with Crippen LogP contribution in [0.5, 0.6) is 17.2 Å². The van der Waals surface area contributed by atoms with Crippen LogP contribution in [0.4, 0.5) is 8.78 Å². The third-order valence-corrected chi connectivity index (χ3v) is 4.34. The predicted molar refractivity (Wildman–Crippen MR) is 92.2 cm³/mol. The maximum atomic E-state index is 12.7. The molecule has 1 aliphatic heterocycles. The number of aromatic nitrogens is 1. The van der Waals surface area contributed by atoms with E-state index in [0.717, 1.165) is 0 Å². The summed E-state index contributed by atoms with van der Waals surface area (Å²) in [5.74, 6) is 0.313. The number of carbonyl (C=O) groups excluding carboxylic acids is 1. The fraction of sp³-hybridized carbons (Fsp3) is 0.333. The lowest BCUT2D eigenvalue weighted by molar-refractivity contribution is -0.0507. The van der Waals surface area contributed by atoms with Crippen molar-refractivity contribution in [2.24, 2.45) is 5.73 Å². The predicted octanol–water partition coefficient (Wildman–Crippen LogP) is 2.63. The molecule has 11 heteroatoms. The van der Waals surface area contributed by atoms with Gasteiger partial charge in [-0.15, -0.1) is 23.7 Å². The minimum atomic E-state index is -2.99. The average Bonchev–Trinajstić information content (AvgIpc) is 3.22. The van der Waals surface area contributed by atoms with Gasteiger partial charge in [0.15, 0.2) is 11.5 Å². The van der Waals surface area contributed by atoms with Crippen LogP contribution in [0.15, 0.2) is 17.5 Å². The molecule has 0 aliphatic carbocycles. The second-order valence-electron chi connectivity index (χ2n) is 5.18. The van der Waals surface area contributed by atoms with Crippen molar-refractivity contribution in [2.75, 3.05) is 13.8 Å². The van der Waals surface area contributed by atoms with E-state index in [-0.39, 0.29) is 49.6 Å². The Morgan fingerprint density at radius 3 is 2.73 bits per heavy atom. The average molecular weight is 408 g/mol. The maximum Gasteiger partial charge on any atom is 0.387 e. The number of carbonyl (C=O) groups is 1. The Hall–Kier alpha value is -2.17. The van der Waals surface area contributed by atoms with Gasteiger partial charge in [-0.1, -0.05) is 0 Å². The normalized spacial score (nSPS) is 12.0. The first-order valence-electron chi connectivity index (χ1n) is 7.25. The number of benzene rings is 1. The molecule has 1 aromatic carbocycles. The number of nitrogens with zero attached hydrogens (tertiary/aromatic N) is 2. The van der Waals surface area contributed by atoms with Crippen molar-refractivity contribution in [1.29, 1.82) is 0 Å². The summed E-state index contributed by atoms with van der Waals surface area (Å²) in [7, 11) is 1.54. The first kappa shape index (κ1) is 20.1. The van der Waals surface area contributed by atoms with Gasteiger partial charge in [-0.3, -0.25) is 4.79 Å². The van der Waals surface area contributed by atoms with Gasteiger partial charge in [0.05, 0.1) is 0 Å². The van der Waals surface area contributed by atoms with Crippen molar-refractivity contribution in [3.8, 4) is 17.2 Å². The van der Waals surface area contributed by atoms with Crippen LogP contribution in [-0.4, -0.2) is 36.2 Å². The highest BCUT2D eigenvalue weighted by molar-refractivity contribution is 7.09. The highest BCUT2D eigenvalue weighted by Gasteiger charge is 2.23. The molecule has 1 aliphatic rings. The van der Waals surface area contributed by atoms with Crippen LogP contribution < -0.4 is 19.9 Å². The van der Waals surface area contributed by atoms with Crippen molar-refractivity contribution >= 4 is 29.7 Å². The Kier molecular flexibility index (Phi) is 6.57. The number of hydrogen-bond donors (Lipinski definition) is 1. The van der Waals surface area contributed by atoms with E-state index in [9.17, 15) is 13.6 Å². The number of nitrogens with two attached hydrogens (primary N) is 1. The fourth-order valence-corrected chi connectivity index (χ4v) is 2.97. The van der Waals surface area contributed by atoms with Crippen molar-refractivity contribution in [1.82, 2.24) is 9.88 Å². The molecule has 0 unspecified atom stereocenters. The molecule has 7 nitrogen and oxygen atoms in total. The zero-order chi connectivity index (χ0) is 18.0. The van der Waals surface area contributed by atoms with Crippen LogP contribution in [0.3, 0.4) is 0 Å². The van der Waals surface area contributed by atoms with Gasteiger partial charge in [0, 0.05) is 37.1 Å². The molecule has 3 rings (SSSR count). The van der Waals surface area contributed by atoms with Crippen molar-refractivity contribution in [2.45, 2.75) is 19.7 Å². The molecule has 0 bridgehead atoms. The lowest BCUT2D eigenvalue weighted by Crippen LogP contribution is -2.27. The van der Waals surface area contributed by atoms with Crippen LogP contribution in [0.25, 0.3) is 0 Å². The number of thiazole rings is 1. The van der Waals surface area contributed by atoms with Gasteiger partial charge in [0.2, 0.25) is 6.79 Å². The summed E-state index contributed by atoms with van der Waals surface area (Å²) in [5, 5.41) is 2.25. The molecule has 2 N–H and O–H groups in total. The standard InChI is InChI=1S/C15H15F2N3O4S.ClH/c1-20(14(21)9-6-25-13(4-18)19-9)5-8-2-11-12(23-7-22-11)3-10(8)24-15(16)17;/h2-3,6,15H,4-5,7,18H2,1H3;1H. The number of alkyl halides is 2. The van der Waals surface area contributed by atoms with Gasteiger partial charge < -0.3 is 24.8 Å². The molecule has 2 aromatic rings. The Balaban J connectivity index is 0.00000243. The summed E-state index contributed by atoms with van der Waals surface area (Å²) in [5.41, 5.74) is 6.12. The van der Waals surface area contributed by atoms with E-state index in [1.165, 1.54) is 28.4 Å². The molecule has 1 aromatic heterocycles. The lowest BCUT2D eigenvalue weighted by atomic mass is 10.1. The van der Waals surface area contributed by atoms with Crippen LogP contribution >= 0.6 is 23.7 Å². The van der Waals surface area contributed by atoms with Crippen LogP contribution in [0.2, 0.25) is 0 Å². The van der Waals surface area contributed by atoms with Crippen LogP contribution in [0.1, 0.15) is 21.1 Å². The summed E-state index contributed by atoms with van der Waals surface area (Å²) in [6.07, 6.45) is 0. The van der Waals surface area contributed by atoms with Gasteiger partial charge in [0.1, 0.15) is 16.5 Å². The Bertz CT molecular complexity index is 790. The Morgan fingerprint density at radius 1 is 1.42 bits per heavy atom. The van der Waals surface area contributed by atoms with E-state index in [4.69, 9.17) is 15.2 Å². The largest absolute Gasteiger partial charge is 0.454 e. The zero-order valence-electron chi connectivity index (χ0n) is 13.6. The maximum absolute atomic E-state index is 12.7. The van der Waals surface area contributed by atoms with E-state index < -0.39 is 6.61 Å².